The molecule has 130 valence electrons. The van der Waals surface area contributed by atoms with E-state index in [-0.39, 0.29) is 6.61 Å². The molecule has 4 nitrogen and oxygen atoms in total. The van der Waals surface area contributed by atoms with Gasteiger partial charge in [-0.1, -0.05) is 61.7 Å². The first-order valence-corrected chi connectivity index (χ1v) is 8.67. The lowest BCUT2D eigenvalue weighted by Crippen LogP contribution is -2.37. The molecular formula is C21H22O4. The number of carboxylic acids is 1. The van der Waals surface area contributed by atoms with Gasteiger partial charge < -0.3 is 9.84 Å². The lowest BCUT2D eigenvalue weighted by atomic mass is 9.69. The Kier molecular flexibility index (Phi) is 5.17. The average Bonchev–Trinajstić information content (AvgIpc) is 2.67. The molecule has 1 saturated carbocycles. The van der Waals surface area contributed by atoms with Crippen molar-refractivity contribution in [2.75, 3.05) is 0 Å². The molecular weight excluding hydrogens is 316 g/mol. The van der Waals surface area contributed by atoms with E-state index in [1.54, 1.807) is 24.3 Å². The van der Waals surface area contributed by atoms with Gasteiger partial charge in [-0.15, -0.1) is 0 Å². The van der Waals surface area contributed by atoms with Crippen molar-refractivity contribution in [2.45, 2.75) is 44.1 Å². The molecule has 1 aliphatic rings. The van der Waals surface area contributed by atoms with Crippen LogP contribution in [0.1, 0.15) is 53.6 Å². The van der Waals surface area contributed by atoms with Crippen molar-refractivity contribution in [3.63, 3.8) is 0 Å². The fourth-order valence-electron chi connectivity index (χ4n) is 3.51. The molecule has 2 aromatic rings. The number of carbonyl (C=O) groups excluding carboxylic acids is 1. The monoisotopic (exact) mass is 338 g/mol. The number of esters is 1. The number of hydrogen-bond donors (Lipinski definition) is 1. The molecule has 25 heavy (non-hydrogen) atoms. The quantitative estimate of drug-likeness (QED) is 0.824. The van der Waals surface area contributed by atoms with Crippen LogP contribution < -0.4 is 0 Å². The van der Waals surface area contributed by atoms with Crippen LogP contribution in [0.15, 0.2) is 54.6 Å². The SMILES string of the molecule is O=C(OCc1ccccc1)c1ccc(C2(C(=O)O)CCCCC2)cc1. The molecule has 1 aliphatic carbocycles. The van der Waals surface area contributed by atoms with E-state index >= 15 is 0 Å². The third kappa shape index (κ3) is 3.73. The van der Waals surface area contributed by atoms with Crippen LogP contribution in [0, 0.1) is 0 Å². The van der Waals surface area contributed by atoms with Gasteiger partial charge in [-0.3, -0.25) is 4.79 Å². The van der Waals surface area contributed by atoms with Crippen molar-refractivity contribution in [1.82, 2.24) is 0 Å². The molecule has 3 rings (SSSR count). The molecule has 0 radical (unpaired) electrons. The van der Waals surface area contributed by atoms with E-state index in [0.29, 0.717) is 18.4 Å². The van der Waals surface area contributed by atoms with E-state index in [2.05, 4.69) is 0 Å². The fourth-order valence-corrected chi connectivity index (χ4v) is 3.51. The highest BCUT2D eigenvalue weighted by atomic mass is 16.5. The molecule has 2 aromatic carbocycles. The van der Waals surface area contributed by atoms with E-state index in [9.17, 15) is 14.7 Å². The molecule has 0 saturated heterocycles. The Balaban J connectivity index is 1.71. The van der Waals surface area contributed by atoms with Gasteiger partial charge in [0.15, 0.2) is 0 Å². The molecule has 0 aromatic heterocycles. The summed E-state index contributed by atoms with van der Waals surface area (Å²) in [6.45, 7) is 0.223. The van der Waals surface area contributed by atoms with Crippen molar-refractivity contribution < 1.29 is 19.4 Å². The summed E-state index contributed by atoms with van der Waals surface area (Å²) in [4.78, 5) is 24.0. The molecule has 0 aliphatic heterocycles. The van der Waals surface area contributed by atoms with Gasteiger partial charge in [0.05, 0.1) is 11.0 Å². The number of carbonyl (C=O) groups is 2. The second kappa shape index (κ2) is 7.51. The summed E-state index contributed by atoms with van der Waals surface area (Å²) >= 11 is 0. The normalized spacial score (nSPS) is 16.2. The van der Waals surface area contributed by atoms with Gasteiger partial charge in [0.2, 0.25) is 0 Å². The van der Waals surface area contributed by atoms with Crippen LogP contribution in [-0.2, 0) is 21.6 Å². The van der Waals surface area contributed by atoms with E-state index < -0.39 is 17.4 Å². The number of hydrogen-bond acceptors (Lipinski definition) is 3. The molecule has 0 bridgehead atoms. The Morgan fingerprint density at radius 1 is 0.920 bits per heavy atom. The van der Waals surface area contributed by atoms with Crippen molar-refractivity contribution in [3.8, 4) is 0 Å². The van der Waals surface area contributed by atoms with E-state index in [4.69, 9.17) is 4.74 Å². The molecule has 0 atom stereocenters. The van der Waals surface area contributed by atoms with Crippen LogP contribution in [0.25, 0.3) is 0 Å². The van der Waals surface area contributed by atoms with Gasteiger partial charge in [-0.05, 0) is 36.1 Å². The topological polar surface area (TPSA) is 63.6 Å². The highest BCUT2D eigenvalue weighted by Crippen LogP contribution is 2.39. The maximum absolute atomic E-state index is 12.2. The fraction of sp³-hybridized carbons (Fsp3) is 0.333. The highest BCUT2D eigenvalue weighted by molar-refractivity contribution is 5.90. The highest BCUT2D eigenvalue weighted by Gasteiger charge is 2.41. The van der Waals surface area contributed by atoms with Gasteiger partial charge in [-0.2, -0.15) is 0 Å². The third-order valence-corrected chi connectivity index (χ3v) is 5.00. The standard InChI is InChI=1S/C21H22O4/c22-19(25-15-16-7-3-1-4-8-16)17-9-11-18(12-10-17)21(20(23)24)13-5-2-6-14-21/h1,3-4,7-12H,2,5-6,13-15H2,(H,23,24). The van der Waals surface area contributed by atoms with Crippen LogP contribution in [0.3, 0.4) is 0 Å². The van der Waals surface area contributed by atoms with Crippen molar-refractivity contribution >= 4 is 11.9 Å². The van der Waals surface area contributed by atoms with Crippen LogP contribution in [0.4, 0.5) is 0 Å². The third-order valence-electron chi connectivity index (χ3n) is 5.00. The summed E-state index contributed by atoms with van der Waals surface area (Å²) in [5, 5.41) is 9.74. The molecule has 0 spiro atoms. The smallest absolute Gasteiger partial charge is 0.338 e. The Hall–Kier alpha value is -2.62. The molecule has 4 heteroatoms. The molecule has 0 heterocycles. The number of ether oxygens (including phenoxy) is 1. The Morgan fingerprint density at radius 2 is 1.56 bits per heavy atom. The number of carboxylic acid groups (broad SMARTS) is 1. The zero-order valence-corrected chi connectivity index (χ0v) is 14.1. The molecule has 0 amide bonds. The van der Waals surface area contributed by atoms with E-state index in [1.807, 2.05) is 30.3 Å². The predicted octanol–water partition coefficient (Wildman–Crippen LogP) is 4.33. The summed E-state index contributed by atoms with van der Waals surface area (Å²) < 4.78 is 5.32. The van der Waals surface area contributed by atoms with Gasteiger partial charge >= 0.3 is 11.9 Å². The summed E-state index contributed by atoms with van der Waals surface area (Å²) in [6.07, 6.45) is 4.24. The van der Waals surface area contributed by atoms with Gasteiger partial charge in [0, 0.05) is 0 Å². The van der Waals surface area contributed by atoms with Gasteiger partial charge in [0.1, 0.15) is 6.61 Å². The van der Waals surface area contributed by atoms with Crippen LogP contribution in [0.2, 0.25) is 0 Å². The van der Waals surface area contributed by atoms with Crippen LogP contribution in [0.5, 0.6) is 0 Å². The number of benzene rings is 2. The van der Waals surface area contributed by atoms with Gasteiger partial charge in [-0.25, -0.2) is 4.79 Å². The molecule has 1 fully saturated rings. The molecule has 1 N–H and O–H groups in total. The Labute approximate surface area is 147 Å². The van der Waals surface area contributed by atoms with E-state index in [0.717, 1.165) is 30.4 Å². The Bertz CT molecular complexity index is 728. The largest absolute Gasteiger partial charge is 0.481 e. The number of rotatable bonds is 5. The minimum Gasteiger partial charge on any atom is -0.481 e. The zero-order chi connectivity index (χ0) is 17.7. The average molecular weight is 338 g/mol. The number of aliphatic carboxylic acids is 1. The van der Waals surface area contributed by atoms with Crippen molar-refractivity contribution in [1.29, 1.82) is 0 Å². The summed E-state index contributed by atoms with van der Waals surface area (Å²) in [7, 11) is 0. The Morgan fingerprint density at radius 3 is 2.16 bits per heavy atom. The minimum absolute atomic E-state index is 0.223. The van der Waals surface area contributed by atoms with Gasteiger partial charge in [0.25, 0.3) is 0 Å². The van der Waals surface area contributed by atoms with Crippen LogP contribution >= 0.6 is 0 Å². The lowest BCUT2D eigenvalue weighted by molar-refractivity contribution is -0.145. The maximum atomic E-state index is 12.2. The van der Waals surface area contributed by atoms with Crippen LogP contribution in [-0.4, -0.2) is 17.0 Å². The lowest BCUT2D eigenvalue weighted by Gasteiger charge is -2.33. The summed E-state index contributed by atoms with van der Waals surface area (Å²) in [5.41, 5.74) is 1.33. The first-order valence-electron chi connectivity index (χ1n) is 8.67. The van der Waals surface area contributed by atoms with Crippen molar-refractivity contribution in [3.05, 3.63) is 71.3 Å². The second-order valence-electron chi connectivity index (χ2n) is 6.59. The zero-order valence-electron chi connectivity index (χ0n) is 14.1. The predicted molar refractivity (Wildman–Crippen MR) is 94.4 cm³/mol. The maximum Gasteiger partial charge on any atom is 0.338 e. The van der Waals surface area contributed by atoms with Crippen molar-refractivity contribution in [2.24, 2.45) is 0 Å². The molecule has 0 unspecified atom stereocenters. The first kappa shape index (κ1) is 17.2. The van der Waals surface area contributed by atoms with E-state index in [1.165, 1.54) is 0 Å². The minimum atomic E-state index is -0.815. The summed E-state index contributed by atoms with van der Waals surface area (Å²) in [5.74, 6) is -1.17. The first-order chi connectivity index (χ1) is 12.1. The summed E-state index contributed by atoms with van der Waals surface area (Å²) in [6, 6.07) is 16.4. The second-order valence-corrected chi connectivity index (χ2v) is 6.59.